The maximum absolute atomic E-state index is 12.9. The van der Waals surface area contributed by atoms with E-state index in [2.05, 4.69) is 0 Å². The fourth-order valence-electron chi connectivity index (χ4n) is 3.85. The van der Waals surface area contributed by atoms with Gasteiger partial charge in [0.15, 0.2) is 0 Å². The number of rotatable bonds is 5. The lowest BCUT2D eigenvalue weighted by atomic mass is 10.0. The van der Waals surface area contributed by atoms with E-state index in [1.54, 1.807) is 23.9 Å². The van der Waals surface area contributed by atoms with Crippen molar-refractivity contribution in [2.45, 2.75) is 50.5 Å². The lowest BCUT2D eigenvalue weighted by molar-refractivity contribution is -0.140. The highest BCUT2D eigenvalue weighted by Crippen LogP contribution is 2.27. The second kappa shape index (κ2) is 7.21. The van der Waals surface area contributed by atoms with Crippen LogP contribution in [-0.4, -0.2) is 45.7 Å². The highest BCUT2D eigenvalue weighted by Gasteiger charge is 2.39. The van der Waals surface area contributed by atoms with Crippen molar-refractivity contribution in [3.8, 4) is 5.69 Å². The van der Waals surface area contributed by atoms with Gasteiger partial charge in [0, 0.05) is 24.8 Å². The van der Waals surface area contributed by atoms with Gasteiger partial charge in [0.1, 0.15) is 6.04 Å². The van der Waals surface area contributed by atoms with Gasteiger partial charge in [-0.3, -0.25) is 14.3 Å². The molecule has 2 aromatic rings. The maximum Gasteiger partial charge on any atom is 0.322 e. The van der Waals surface area contributed by atoms with Crippen LogP contribution in [0.4, 0.5) is 0 Å². The van der Waals surface area contributed by atoms with E-state index in [1.165, 1.54) is 16.8 Å². The zero-order valence-electron chi connectivity index (χ0n) is 16.4. The lowest BCUT2D eigenvalue weighted by Gasteiger charge is -2.21. The van der Waals surface area contributed by atoms with Crippen LogP contribution >= 0.6 is 0 Å². The Bertz CT molecular complexity index is 1060. The number of carboxylic acids is 1. The molecule has 1 aromatic carbocycles. The molecular formula is C19H25N3O5S. The van der Waals surface area contributed by atoms with Crippen molar-refractivity contribution in [1.82, 2.24) is 13.7 Å². The summed E-state index contributed by atoms with van der Waals surface area (Å²) < 4.78 is 30.0. The van der Waals surface area contributed by atoms with Crippen LogP contribution in [0.5, 0.6) is 0 Å². The number of sulfonamides is 1. The Kier molecular flexibility index (Phi) is 5.24. The molecule has 3 rings (SSSR count). The van der Waals surface area contributed by atoms with Gasteiger partial charge in [0.25, 0.3) is 5.56 Å². The third kappa shape index (κ3) is 3.18. The van der Waals surface area contributed by atoms with Gasteiger partial charge in [-0.05, 0) is 49.9 Å². The van der Waals surface area contributed by atoms with E-state index in [0.717, 1.165) is 15.6 Å². The minimum absolute atomic E-state index is 0.0208. The van der Waals surface area contributed by atoms with Crippen LogP contribution < -0.4 is 5.56 Å². The van der Waals surface area contributed by atoms with Crippen molar-refractivity contribution >= 4 is 16.0 Å². The summed E-state index contributed by atoms with van der Waals surface area (Å²) in [5, 5.41) is 9.27. The van der Waals surface area contributed by atoms with Gasteiger partial charge in [-0.1, -0.05) is 13.8 Å². The lowest BCUT2D eigenvalue weighted by Crippen LogP contribution is -2.40. The average molecular weight is 407 g/mol. The summed E-state index contributed by atoms with van der Waals surface area (Å²) in [5.41, 5.74) is 2.01. The zero-order chi connectivity index (χ0) is 20.8. The van der Waals surface area contributed by atoms with Crippen LogP contribution in [0, 0.1) is 6.92 Å². The minimum atomic E-state index is -3.91. The Morgan fingerprint density at radius 2 is 1.82 bits per heavy atom. The topological polar surface area (TPSA) is 102 Å². The highest BCUT2D eigenvalue weighted by atomic mass is 32.2. The number of nitrogens with zero attached hydrogens (tertiary/aromatic N) is 3. The number of aliphatic carboxylic acids is 1. The number of benzene rings is 1. The molecular weight excluding hydrogens is 382 g/mol. The van der Waals surface area contributed by atoms with Crippen LogP contribution in [0.2, 0.25) is 0 Å². The summed E-state index contributed by atoms with van der Waals surface area (Å²) in [5.74, 6) is -1.06. The fourth-order valence-corrected chi connectivity index (χ4v) is 5.50. The van der Waals surface area contributed by atoms with E-state index in [-0.39, 0.29) is 22.9 Å². The van der Waals surface area contributed by atoms with E-state index in [9.17, 15) is 23.1 Å². The second-order valence-electron chi connectivity index (χ2n) is 7.40. The molecule has 9 heteroatoms. The molecule has 1 aliphatic rings. The van der Waals surface area contributed by atoms with Crippen LogP contribution in [0.3, 0.4) is 0 Å². The van der Waals surface area contributed by atoms with E-state index in [4.69, 9.17) is 0 Å². The van der Waals surface area contributed by atoms with Crippen molar-refractivity contribution in [3.63, 3.8) is 0 Å². The average Bonchev–Trinajstić information content (AvgIpc) is 3.20. The number of carbonyl (C=O) groups is 1. The largest absolute Gasteiger partial charge is 0.480 e. The van der Waals surface area contributed by atoms with Gasteiger partial charge in [-0.15, -0.1) is 0 Å². The fraction of sp³-hybridized carbons (Fsp3) is 0.474. The van der Waals surface area contributed by atoms with Gasteiger partial charge in [0.2, 0.25) is 10.0 Å². The van der Waals surface area contributed by atoms with Crippen LogP contribution in [0.25, 0.3) is 5.69 Å². The molecule has 28 heavy (non-hydrogen) atoms. The predicted octanol–water partition coefficient (Wildman–Crippen LogP) is 1.85. The quantitative estimate of drug-likeness (QED) is 0.815. The maximum atomic E-state index is 12.9. The number of aromatic nitrogens is 2. The van der Waals surface area contributed by atoms with Crippen molar-refractivity contribution in [1.29, 1.82) is 0 Å². The molecule has 2 heterocycles. The van der Waals surface area contributed by atoms with Gasteiger partial charge in [0.05, 0.1) is 10.6 Å². The molecule has 0 bridgehead atoms. The molecule has 1 N–H and O–H groups in total. The third-order valence-electron chi connectivity index (χ3n) is 5.35. The molecule has 0 spiro atoms. The van der Waals surface area contributed by atoms with Crippen LogP contribution in [-0.2, 0) is 21.9 Å². The molecule has 1 atom stereocenters. The normalized spacial score (nSPS) is 18.1. The first kappa shape index (κ1) is 20.3. The first-order valence-electron chi connectivity index (χ1n) is 9.21. The SMILES string of the molecule is Cc1c(C(C)C)c(=O)n(-c2ccc(S(=O)(=O)N3CCC[C@H]3C(=O)O)cc2)n1C. The molecule has 1 saturated heterocycles. The van der Waals surface area contributed by atoms with Crippen molar-refractivity contribution in [2.24, 2.45) is 7.05 Å². The molecule has 1 fully saturated rings. The van der Waals surface area contributed by atoms with E-state index < -0.39 is 22.0 Å². The van der Waals surface area contributed by atoms with Crippen molar-refractivity contribution in [3.05, 3.63) is 45.9 Å². The molecule has 0 radical (unpaired) electrons. The van der Waals surface area contributed by atoms with E-state index in [0.29, 0.717) is 18.5 Å². The highest BCUT2D eigenvalue weighted by molar-refractivity contribution is 7.89. The van der Waals surface area contributed by atoms with Gasteiger partial charge < -0.3 is 5.11 Å². The Labute approximate surface area is 164 Å². The van der Waals surface area contributed by atoms with Gasteiger partial charge in [-0.2, -0.15) is 4.31 Å². The standard InChI is InChI=1S/C19H25N3O5S/c1-12(2)17-13(3)20(4)22(18(17)23)14-7-9-15(10-8-14)28(26,27)21-11-5-6-16(21)19(24)25/h7-10,12,16H,5-6,11H2,1-4H3,(H,24,25)/t16-/m0/s1. The zero-order valence-corrected chi connectivity index (χ0v) is 17.2. The number of hydrogen-bond acceptors (Lipinski definition) is 4. The van der Waals surface area contributed by atoms with E-state index in [1.807, 2.05) is 20.8 Å². The molecule has 0 unspecified atom stereocenters. The van der Waals surface area contributed by atoms with Gasteiger partial charge >= 0.3 is 5.97 Å². The Hall–Kier alpha value is -2.39. The van der Waals surface area contributed by atoms with Gasteiger partial charge in [-0.25, -0.2) is 13.1 Å². The summed E-state index contributed by atoms with van der Waals surface area (Å²) in [6.45, 7) is 5.98. The van der Waals surface area contributed by atoms with Crippen molar-refractivity contribution < 1.29 is 18.3 Å². The summed E-state index contributed by atoms with van der Waals surface area (Å²) in [6.07, 6.45) is 0.826. The summed E-state index contributed by atoms with van der Waals surface area (Å²) in [6, 6.07) is 4.96. The summed E-state index contributed by atoms with van der Waals surface area (Å²) in [4.78, 5) is 24.2. The summed E-state index contributed by atoms with van der Waals surface area (Å²) in [7, 11) is -2.12. The number of carboxylic acid groups (broad SMARTS) is 1. The second-order valence-corrected chi connectivity index (χ2v) is 9.29. The van der Waals surface area contributed by atoms with Crippen molar-refractivity contribution in [2.75, 3.05) is 6.54 Å². The Morgan fingerprint density at radius 1 is 1.21 bits per heavy atom. The molecule has 0 amide bonds. The predicted molar refractivity (Wildman–Crippen MR) is 104 cm³/mol. The molecule has 0 saturated carbocycles. The molecule has 1 aromatic heterocycles. The molecule has 152 valence electrons. The molecule has 1 aliphatic heterocycles. The molecule has 8 nitrogen and oxygen atoms in total. The number of hydrogen-bond donors (Lipinski definition) is 1. The first-order valence-corrected chi connectivity index (χ1v) is 10.6. The minimum Gasteiger partial charge on any atom is -0.480 e. The first-order chi connectivity index (χ1) is 13.1. The Balaban J connectivity index is 2.01. The van der Waals surface area contributed by atoms with Crippen LogP contribution in [0.1, 0.15) is 43.9 Å². The third-order valence-corrected chi connectivity index (χ3v) is 7.27. The smallest absolute Gasteiger partial charge is 0.322 e. The van der Waals surface area contributed by atoms with Crippen LogP contribution in [0.15, 0.2) is 34.0 Å². The molecule has 0 aliphatic carbocycles. The summed E-state index contributed by atoms with van der Waals surface area (Å²) >= 11 is 0. The Morgan fingerprint density at radius 3 is 2.32 bits per heavy atom. The monoisotopic (exact) mass is 407 g/mol. The van der Waals surface area contributed by atoms with E-state index >= 15 is 0 Å².